The minimum atomic E-state index is -0.155. The van der Waals surface area contributed by atoms with E-state index in [1.807, 2.05) is 18.1 Å². The van der Waals surface area contributed by atoms with Gasteiger partial charge >= 0.3 is 0 Å². The molecule has 0 radical (unpaired) electrons. The standard InChI is InChI=1S/C18H24N4O2/c1-21-11-18(24-10-16(21)23)8-13-4-5-14(9-18)22(13)15-6-7-19-17(20-15)12-2-3-12/h6-7,12-14H,2-5,8-11H2,1H3. The highest BCUT2D eigenvalue weighted by atomic mass is 16.5. The lowest BCUT2D eigenvalue weighted by Crippen LogP contribution is -2.60. The molecule has 4 fully saturated rings. The number of fused-ring (bicyclic) bond motifs is 2. The summed E-state index contributed by atoms with van der Waals surface area (Å²) in [5, 5.41) is 0. The molecule has 4 heterocycles. The fourth-order valence-electron chi connectivity index (χ4n) is 4.86. The van der Waals surface area contributed by atoms with Gasteiger partial charge in [0.1, 0.15) is 18.2 Å². The first-order chi connectivity index (χ1) is 11.6. The van der Waals surface area contributed by atoms with Gasteiger partial charge in [0.25, 0.3) is 0 Å². The zero-order valence-corrected chi connectivity index (χ0v) is 14.1. The summed E-state index contributed by atoms with van der Waals surface area (Å²) >= 11 is 0. The summed E-state index contributed by atoms with van der Waals surface area (Å²) in [6.45, 7) is 0.957. The van der Waals surface area contributed by atoms with Crippen molar-refractivity contribution < 1.29 is 9.53 Å². The van der Waals surface area contributed by atoms with Crippen LogP contribution < -0.4 is 4.90 Å². The minimum Gasteiger partial charge on any atom is -0.363 e. The Balaban J connectivity index is 1.40. The van der Waals surface area contributed by atoms with Crippen LogP contribution in [0, 0.1) is 0 Å². The van der Waals surface area contributed by atoms with Gasteiger partial charge in [-0.1, -0.05) is 0 Å². The Labute approximate surface area is 142 Å². The van der Waals surface area contributed by atoms with E-state index < -0.39 is 0 Å². The number of likely N-dealkylation sites (N-methyl/N-ethyl adjacent to an activating group) is 1. The summed E-state index contributed by atoms with van der Waals surface area (Å²) < 4.78 is 6.08. The van der Waals surface area contributed by atoms with E-state index >= 15 is 0 Å². The van der Waals surface area contributed by atoms with Crippen LogP contribution in [0.25, 0.3) is 0 Å². The topological polar surface area (TPSA) is 58.6 Å². The molecule has 1 aromatic heterocycles. The number of morpholine rings is 1. The summed E-state index contributed by atoms with van der Waals surface area (Å²) in [6, 6.07) is 2.99. The molecule has 5 rings (SSSR count). The quantitative estimate of drug-likeness (QED) is 0.827. The highest BCUT2D eigenvalue weighted by Crippen LogP contribution is 2.46. The average Bonchev–Trinajstić information content (AvgIpc) is 3.38. The Kier molecular flexibility index (Phi) is 3.14. The molecule has 2 unspecified atom stereocenters. The molecule has 3 saturated heterocycles. The molecule has 128 valence electrons. The van der Waals surface area contributed by atoms with Gasteiger partial charge in [0, 0.05) is 37.8 Å². The smallest absolute Gasteiger partial charge is 0.248 e. The van der Waals surface area contributed by atoms with E-state index in [2.05, 4.69) is 16.0 Å². The summed E-state index contributed by atoms with van der Waals surface area (Å²) in [5.74, 6) is 2.79. The number of hydrogen-bond donors (Lipinski definition) is 0. The molecule has 6 heteroatoms. The van der Waals surface area contributed by atoms with E-state index in [4.69, 9.17) is 9.72 Å². The van der Waals surface area contributed by atoms with Crippen LogP contribution in [0.1, 0.15) is 50.3 Å². The number of carbonyl (C=O) groups is 1. The van der Waals surface area contributed by atoms with Crippen LogP contribution >= 0.6 is 0 Å². The fourth-order valence-corrected chi connectivity index (χ4v) is 4.86. The molecule has 2 atom stereocenters. The number of piperidine rings is 1. The molecule has 1 saturated carbocycles. The third kappa shape index (κ3) is 2.31. The van der Waals surface area contributed by atoms with Gasteiger partial charge in [-0.2, -0.15) is 0 Å². The van der Waals surface area contributed by atoms with Crippen LogP contribution in [0.15, 0.2) is 12.3 Å². The van der Waals surface area contributed by atoms with Crippen molar-refractivity contribution in [1.82, 2.24) is 14.9 Å². The number of amides is 1. The molecule has 2 bridgehead atoms. The SMILES string of the molecule is CN1CC2(CC3CCC(C2)N3c2ccnc(C3CC3)n2)OCC1=O. The number of rotatable bonds is 2. The first-order valence-electron chi connectivity index (χ1n) is 9.13. The molecule has 1 aliphatic carbocycles. The predicted molar refractivity (Wildman–Crippen MR) is 88.9 cm³/mol. The lowest BCUT2D eigenvalue weighted by atomic mass is 9.84. The van der Waals surface area contributed by atoms with Crippen LogP contribution in [0.5, 0.6) is 0 Å². The van der Waals surface area contributed by atoms with Crippen molar-refractivity contribution in [3.05, 3.63) is 18.1 Å². The van der Waals surface area contributed by atoms with Gasteiger partial charge in [-0.15, -0.1) is 0 Å². The number of nitrogens with zero attached hydrogens (tertiary/aromatic N) is 4. The van der Waals surface area contributed by atoms with Gasteiger partial charge in [-0.25, -0.2) is 9.97 Å². The summed E-state index contributed by atoms with van der Waals surface area (Å²) in [5.41, 5.74) is -0.155. The maximum absolute atomic E-state index is 11.8. The van der Waals surface area contributed by atoms with Gasteiger partial charge in [0.05, 0.1) is 5.60 Å². The molecular weight excluding hydrogens is 304 g/mol. The molecule has 6 nitrogen and oxygen atoms in total. The lowest BCUT2D eigenvalue weighted by molar-refractivity contribution is -0.166. The summed E-state index contributed by atoms with van der Waals surface area (Å²) in [4.78, 5) is 25.5. The van der Waals surface area contributed by atoms with Crippen molar-refractivity contribution >= 4 is 11.7 Å². The Morgan fingerprint density at radius 1 is 1.21 bits per heavy atom. The van der Waals surface area contributed by atoms with E-state index in [-0.39, 0.29) is 18.1 Å². The Hall–Kier alpha value is -1.69. The van der Waals surface area contributed by atoms with E-state index in [0.717, 1.165) is 31.0 Å². The summed E-state index contributed by atoms with van der Waals surface area (Å²) in [6.07, 6.45) is 8.74. The number of anilines is 1. The Morgan fingerprint density at radius 2 is 1.96 bits per heavy atom. The highest BCUT2D eigenvalue weighted by Gasteiger charge is 2.52. The van der Waals surface area contributed by atoms with Crippen molar-refractivity contribution in [2.45, 2.75) is 62.1 Å². The molecule has 3 aliphatic heterocycles. The fraction of sp³-hybridized carbons (Fsp3) is 0.722. The predicted octanol–water partition coefficient (Wildman–Crippen LogP) is 1.71. The molecule has 24 heavy (non-hydrogen) atoms. The van der Waals surface area contributed by atoms with Crippen LogP contribution in [0.2, 0.25) is 0 Å². The molecular formula is C18H24N4O2. The van der Waals surface area contributed by atoms with Crippen LogP contribution in [-0.2, 0) is 9.53 Å². The zero-order chi connectivity index (χ0) is 16.3. The lowest BCUT2D eigenvalue weighted by Gasteiger charge is -2.50. The first-order valence-corrected chi connectivity index (χ1v) is 9.13. The second-order valence-corrected chi connectivity index (χ2v) is 7.97. The monoisotopic (exact) mass is 328 g/mol. The van der Waals surface area contributed by atoms with Gasteiger partial charge in [0.2, 0.25) is 5.91 Å². The van der Waals surface area contributed by atoms with E-state index in [9.17, 15) is 4.79 Å². The molecule has 1 spiro atoms. The number of ether oxygens (including phenoxy) is 1. The van der Waals surface area contributed by atoms with Gasteiger partial charge in [0.15, 0.2) is 0 Å². The average molecular weight is 328 g/mol. The normalized spacial score (nSPS) is 35.8. The Morgan fingerprint density at radius 3 is 2.62 bits per heavy atom. The molecule has 4 aliphatic rings. The highest BCUT2D eigenvalue weighted by molar-refractivity contribution is 5.78. The second-order valence-electron chi connectivity index (χ2n) is 7.97. The largest absolute Gasteiger partial charge is 0.363 e. The van der Waals surface area contributed by atoms with Crippen LogP contribution in [-0.4, -0.2) is 58.7 Å². The van der Waals surface area contributed by atoms with E-state index in [1.165, 1.54) is 25.7 Å². The molecule has 0 N–H and O–H groups in total. The van der Waals surface area contributed by atoms with Crippen molar-refractivity contribution in [1.29, 1.82) is 0 Å². The van der Waals surface area contributed by atoms with Crippen LogP contribution in [0.3, 0.4) is 0 Å². The maximum atomic E-state index is 11.8. The first kappa shape index (κ1) is 14.6. The number of carbonyl (C=O) groups excluding carboxylic acids is 1. The molecule has 1 amide bonds. The van der Waals surface area contributed by atoms with Crippen LogP contribution in [0.4, 0.5) is 5.82 Å². The van der Waals surface area contributed by atoms with Crippen molar-refractivity contribution in [3.63, 3.8) is 0 Å². The van der Waals surface area contributed by atoms with Gasteiger partial charge in [-0.05, 0) is 44.6 Å². The third-order valence-corrected chi connectivity index (χ3v) is 6.15. The number of aromatic nitrogens is 2. The second kappa shape index (κ2) is 5.15. The van der Waals surface area contributed by atoms with Crippen molar-refractivity contribution in [2.24, 2.45) is 0 Å². The molecule has 1 aromatic rings. The minimum absolute atomic E-state index is 0.0975. The van der Waals surface area contributed by atoms with Gasteiger partial charge in [-0.3, -0.25) is 4.79 Å². The maximum Gasteiger partial charge on any atom is 0.248 e. The molecule has 0 aromatic carbocycles. The number of hydrogen-bond acceptors (Lipinski definition) is 5. The zero-order valence-electron chi connectivity index (χ0n) is 14.1. The van der Waals surface area contributed by atoms with Crippen molar-refractivity contribution in [3.8, 4) is 0 Å². The van der Waals surface area contributed by atoms with E-state index in [1.54, 1.807) is 0 Å². The summed E-state index contributed by atoms with van der Waals surface area (Å²) in [7, 11) is 1.90. The van der Waals surface area contributed by atoms with E-state index in [0.29, 0.717) is 18.0 Å². The third-order valence-electron chi connectivity index (χ3n) is 6.15. The van der Waals surface area contributed by atoms with Gasteiger partial charge < -0.3 is 14.5 Å². The Bertz CT molecular complexity index is 661. The van der Waals surface area contributed by atoms with Crippen molar-refractivity contribution in [2.75, 3.05) is 25.1 Å².